The van der Waals surface area contributed by atoms with Crippen molar-refractivity contribution in [3.8, 4) is 0 Å². The summed E-state index contributed by atoms with van der Waals surface area (Å²) >= 11 is 0. The van der Waals surface area contributed by atoms with Crippen molar-refractivity contribution in [1.82, 2.24) is 14.6 Å². The summed E-state index contributed by atoms with van der Waals surface area (Å²) in [6, 6.07) is 9.29. The van der Waals surface area contributed by atoms with Crippen LogP contribution in [0.3, 0.4) is 0 Å². The summed E-state index contributed by atoms with van der Waals surface area (Å²) in [5, 5.41) is 4.80. The smallest absolute Gasteiger partial charge is 0.282 e. The van der Waals surface area contributed by atoms with Gasteiger partial charge in [0.05, 0.1) is 16.6 Å². The van der Waals surface area contributed by atoms with Gasteiger partial charge in [-0.15, -0.1) is 0 Å². The number of aryl methyl sites for hydroxylation is 1. The highest BCUT2D eigenvalue weighted by atomic mass is 16.1. The molecule has 0 radical (unpaired) electrons. The lowest BCUT2D eigenvalue weighted by Gasteiger charge is -1.98. The topological polar surface area (TPSA) is 50.2 Å². The van der Waals surface area contributed by atoms with Gasteiger partial charge in [-0.1, -0.05) is 12.1 Å². The van der Waals surface area contributed by atoms with Gasteiger partial charge in [0.1, 0.15) is 5.65 Å². The second-order valence-corrected chi connectivity index (χ2v) is 3.56. The molecule has 0 fully saturated rings. The third-order valence-electron chi connectivity index (χ3n) is 2.44. The van der Waals surface area contributed by atoms with Crippen LogP contribution < -0.4 is 5.56 Å². The highest BCUT2D eigenvalue weighted by molar-refractivity contribution is 5.79. The normalized spacial score (nSPS) is 11.3. The fourth-order valence-electron chi connectivity index (χ4n) is 1.77. The van der Waals surface area contributed by atoms with E-state index in [-0.39, 0.29) is 5.56 Å². The number of nitrogens with zero attached hydrogens (tertiary/aromatic N) is 2. The zero-order chi connectivity index (χ0) is 10.4. The maximum absolute atomic E-state index is 12.0. The maximum Gasteiger partial charge on any atom is 0.282 e. The quantitative estimate of drug-likeness (QED) is 0.596. The monoisotopic (exact) mass is 199 g/mol. The molecule has 0 saturated carbocycles. The first-order chi connectivity index (χ1) is 7.25. The van der Waals surface area contributed by atoms with E-state index in [4.69, 9.17) is 0 Å². The third kappa shape index (κ3) is 1.08. The molecule has 1 N–H and O–H groups in total. The van der Waals surface area contributed by atoms with Crippen molar-refractivity contribution >= 4 is 16.6 Å². The van der Waals surface area contributed by atoms with E-state index in [2.05, 4.69) is 10.1 Å². The minimum absolute atomic E-state index is 0.0764. The van der Waals surface area contributed by atoms with Gasteiger partial charge in [0, 0.05) is 6.07 Å². The molecule has 0 atom stereocenters. The zero-order valence-electron chi connectivity index (χ0n) is 8.19. The first kappa shape index (κ1) is 8.23. The van der Waals surface area contributed by atoms with Crippen molar-refractivity contribution in [1.29, 1.82) is 0 Å². The van der Waals surface area contributed by atoms with Gasteiger partial charge in [-0.2, -0.15) is 9.61 Å². The molecule has 0 aliphatic heterocycles. The van der Waals surface area contributed by atoms with E-state index in [1.54, 1.807) is 6.07 Å². The SMILES string of the molecule is Cc1cc2[nH]c3ccccc3c(=O)n2n1. The molecule has 15 heavy (non-hydrogen) atoms. The Bertz CT molecular complexity index is 708. The zero-order valence-corrected chi connectivity index (χ0v) is 8.19. The standard InChI is InChI=1S/C11H9N3O/c1-7-6-10-12-9-5-3-2-4-8(9)11(15)14(10)13-7/h2-6,12H,1H3. The molecule has 2 heterocycles. The highest BCUT2D eigenvalue weighted by Crippen LogP contribution is 2.08. The second-order valence-electron chi connectivity index (χ2n) is 3.56. The number of benzene rings is 1. The molecule has 0 aliphatic rings. The molecule has 2 aromatic heterocycles. The second kappa shape index (κ2) is 2.70. The van der Waals surface area contributed by atoms with E-state index in [9.17, 15) is 4.79 Å². The van der Waals surface area contributed by atoms with Crippen LogP contribution in [-0.4, -0.2) is 14.6 Å². The number of hydrogen-bond acceptors (Lipinski definition) is 2. The Morgan fingerprint density at radius 3 is 3.00 bits per heavy atom. The van der Waals surface area contributed by atoms with Gasteiger partial charge in [-0.3, -0.25) is 4.79 Å². The van der Waals surface area contributed by atoms with Crippen LogP contribution in [0, 0.1) is 6.92 Å². The van der Waals surface area contributed by atoms with Crippen molar-refractivity contribution in [2.45, 2.75) is 6.92 Å². The summed E-state index contributed by atoms with van der Waals surface area (Å²) in [5.74, 6) is 0. The van der Waals surface area contributed by atoms with Crippen molar-refractivity contribution in [2.75, 3.05) is 0 Å². The molecule has 0 unspecified atom stereocenters. The lowest BCUT2D eigenvalue weighted by Crippen LogP contribution is -2.15. The van der Waals surface area contributed by atoms with Crippen molar-refractivity contribution in [3.63, 3.8) is 0 Å². The van der Waals surface area contributed by atoms with E-state index in [1.165, 1.54) is 4.52 Å². The molecule has 0 saturated heterocycles. The van der Waals surface area contributed by atoms with E-state index >= 15 is 0 Å². The van der Waals surface area contributed by atoms with E-state index < -0.39 is 0 Å². The van der Waals surface area contributed by atoms with Crippen molar-refractivity contribution in [2.24, 2.45) is 0 Å². The number of aromatic amines is 1. The van der Waals surface area contributed by atoms with Gasteiger partial charge < -0.3 is 4.98 Å². The molecule has 4 nitrogen and oxygen atoms in total. The predicted molar refractivity (Wildman–Crippen MR) is 58.1 cm³/mol. The van der Waals surface area contributed by atoms with Crippen LogP contribution in [0.1, 0.15) is 5.69 Å². The number of nitrogens with one attached hydrogen (secondary N) is 1. The third-order valence-corrected chi connectivity index (χ3v) is 2.44. The first-order valence-corrected chi connectivity index (χ1v) is 4.73. The van der Waals surface area contributed by atoms with Gasteiger partial charge in [0.2, 0.25) is 0 Å². The lowest BCUT2D eigenvalue weighted by molar-refractivity contribution is 0.895. The van der Waals surface area contributed by atoms with Gasteiger partial charge in [0.15, 0.2) is 0 Å². The Labute approximate surface area is 85.2 Å². The Morgan fingerprint density at radius 1 is 1.33 bits per heavy atom. The predicted octanol–water partition coefficient (Wildman–Crippen LogP) is 1.48. The van der Waals surface area contributed by atoms with Crippen LogP contribution in [0.4, 0.5) is 0 Å². The largest absolute Gasteiger partial charge is 0.339 e. The molecule has 0 bridgehead atoms. The average molecular weight is 199 g/mol. The molecule has 74 valence electrons. The Morgan fingerprint density at radius 2 is 2.13 bits per heavy atom. The molecular formula is C11H9N3O. The van der Waals surface area contributed by atoms with Crippen LogP contribution in [0.2, 0.25) is 0 Å². The lowest BCUT2D eigenvalue weighted by atomic mass is 10.2. The van der Waals surface area contributed by atoms with Gasteiger partial charge in [-0.25, -0.2) is 0 Å². The molecule has 3 aromatic rings. The van der Waals surface area contributed by atoms with E-state index in [0.29, 0.717) is 5.39 Å². The molecule has 3 rings (SSSR count). The number of para-hydroxylation sites is 1. The molecular weight excluding hydrogens is 190 g/mol. The summed E-state index contributed by atoms with van der Waals surface area (Å²) in [4.78, 5) is 15.2. The molecule has 0 spiro atoms. The minimum Gasteiger partial charge on any atom is -0.339 e. The summed E-state index contributed by atoms with van der Waals surface area (Å²) in [5.41, 5.74) is 2.33. The van der Waals surface area contributed by atoms with Crippen LogP contribution >= 0.6 is 0 Å². The number of hydrogen-bond donors (Lipinski definition) is 1. The fraction of sp³-hybridized carbons (Fsp3) is 0.0909. The van der Waals surface area contributed by atoms with Crippen LogP contribution in [-0.2, 0) is 0 Å². The summed E-state index contributed by atoms with van der Waals surface area (Å²) in [7, 11) is 0. The van der Waals surface area contributed by atoms with Gasteiger partial charge in [-0.05, 0) is 19.1 Å². The van der Waals surface area contributed by atoms with E-state index in [0.717, 1.165) is 16.9 Å². The summed E-state index contributed by atoms with van der Waals surface area (Å²) in [6.45, 7) is 1.87. The van der Waals surface area contributed by atoms with Crippen molar-refractivity contribution in [3.05, 3.63) is 46.4 Å². The maximum atomic E-state index is 12.0. The van der Waals surface area contributed by atoms with E-state index in [1.807, 2.05) is 31.2 Å². The molecule has 0 aliphatic carbocycles. The van der Waals surface area contributed by atoms with Gasteiger partial charge >= 0.3 is 0 Å². The van der Waals surface area contributed by atoms with Crippen molar-refractivity contribution < 1.29 is 0 Å². The van der Waals surface area contributed by atoms with Crippen LogP contribution in [0.25, 0.3) is 16.6 Å². The molecule has 1 aromatic carbocycles. The van der Waals surface area contributed by atoms with Gasteiger partial charge in [0.25, 0.3) is 5.56 Å². The molecule has 0 amide bonds. The number of fused-ring (bicyclic) bond motifs is 2. The van der Waals surface area contributed by atoms with Crippen LogP contribution in [0.5, 0.6) is 0 Å². The minimum atomic E-state index is -0.0764. The summed E-state index contributed by atoms with van der Waals surface area (Å²) in [6.07, 6.45) is 0. The Balaban J connectivity index is 2.65. The van der Waals surface area contributed by atoms with Crippen LogP contribution in [0.15, 0.2) is 35.1 Å². The number of rotatable bonds is 0. The number of H-pyrrole nitrogens is 1. The Kier molecular flexibility index (Phi) is 1.48. The fourth-order valence-corrected chi connectivity index (χ4v) is 1.77. The highest BCUT2D eigenvalue weighted by Gasteiger charge is 2.05. The first-order valence-electron chi connectivity index (χ1n) is 4.73. The molecule has 4 heteroatoms. The number of aromatic nitrogens is 3. The average Bonchev–Trinajstić information content (AvgIpc) is 2.59. The summed E-state index contributed by atoms with van der Waals surface area (Å²) < 4.78 is 1.40. The Hall–Kier alpha value is -2.10.